The number of nitrogens with one attached hydrogen (secondary N) is 2. The molecule has 0 spiro atoms. The minimum atomic E-state index is -0.398. The predicted molar refractivity (Wildman–Crippen MR) is 77.4 cm³/mol. The van der Waals surface area contributed by atoms with Gasteiger partial charge in [-0.1, -0.05) is 12.1 Å². The Morgan fingerprint density at radius 1 is 1.38 bits per heavy atom. The van der Waals surface area contributed by atoms with Gasteiger partial charge >= 0.3 is 0 Å². The summed E-state index contributed by atoms with van der Waals surface area (Å²) < 4.78 is 10.8. The van der Waals surface area contributed by atoms with Gasteiger partial charge in [-0.25, -0.2) is 0 Å². The summed E-state index contributed by atoms with van der Waals surface area (Å²) in [5, 5.41) is 6.45. The standard InChI is InChI=1S/C15H16N2O4/c18-12-7-14(21-13-4-2-1-3-11(12)13)15(19)17-8-10-9-20-6-5-16-10/h1-4,7,10,16H,5-6,8-9H2,(H,17,19). The number of ether oxygens (including phenoxy) is 1. The smallest absolute Gasteiger partial charge is 0.287 e. The van der Waals surface area contributed by atoms with Crippen molar-refractivity contribution in [1.29, 1.82) is 0 Å². The summed E-state index contributed by atoms with van der Waals surface area (Å²) in [7, 11) is 0. The summed E-state index contributed by atoms with van der Waals surface area (Å²) in [5.41, 5.74) is 0.190. The first-order valence-corrected chi connectivity index (χ1v) is 6.86. The molecule has 0 saturated carbocycles. The van der Waals surface area contributed by atoms with E-state index in [-0.39, 0.29) is 17.2 Å². The van der Waals surface area contributed by atoms with E-state index in [1.54, 1.807) is 24.3 Å². The molecule has 6 heteroatoms. The lowest BCUT2D eigenvalue weighted by molar-refractivity contribution is 0.0728. The predicted octanol–water partition coefficient (Wildman–Crippen LogP) is 0.511. The summed E-state index contributed by atoms with van der Waals surface area (Å²) in [6.07, 6.45) is 0. The van der Waals surface area contributed by atoms with Crippen molar-refractivity contribution >= 4 is 16.9 Å². The summed E-state index contributed by atoms with van der Waals surface area (Å²) in [5.74, 6) is -0.374. The SMILES string of the molecule is O=C(NCC1COCCN1)c1cc(=O)c2ccccc2o1. The maximum absolute atomic E-state index is 12.1. The van der Waals surface area contributed by atoms with Gasteiger partial charge in [0.05, 0.1) is 18.6 Å². The normalized spacial score (nSPS) is 18.6. The monoisotopic (exact) mass is 288 g/mol. The van der Waals surface area contributed by atoms with Crippen molar-refractivity contribution in [3.05, 3.63) is 46.3 Å². The Bertz CT molecular complexity index is 704. The molecular formula is C15H16N2O4. The average molecular weight is 288 g/mol. The first kappa shape index (κ1) is 13.8. The van der Waals surface area contributed by atoms with E-state index < -0.39 is 5.91 Å². The van der Waals surface area contributed by atoms with E-state index in [0.29, 0.717) is 30.7 Å². The molecule has 1 aliphatic rings. The van der Waals surface area contributed by atoms with Gasteiger partial charge in [0.15, 0.2) is 11.2 Å². The van der Waals surface area contributed by atoms with Gasteiger partial charge in [0.2, 0.25) is 0 Å². The lowest BCUT2D eigenvalue weighted by Gasteiger charge is -2.23. The molecule has 1 atom stereocenters. The summed E-state index contributed by atoms with van der Waals surface area (Å²) in [4.78, 5) is 24.0. The Labute approximate surface area is 121 Å². The van der Waals surface area contributed by atoms with Gasteiger partial charge in [0, 0.05) is 25.2 Å². The van der Waals surface area contributed by atoms with Crippen molar-refractivity contribution in [3.63, 3.8) is 0 Å². The fraction of sp³-hybridized carbons (Fsp3) is 0.333. The zero-order valence-electron chi connectivity index (χ0n) is 11.4. The highest BCUT2D eigenvalue weighted by Gasteiger charge is 2.16. The van der Waals surface area contributed by atoms with Gasteiger partial charge in [0.1, 0.15) is 5.58 Å². The molecule has 1 aromatic heterocycles. The van der Waals surface area contributed by atoms with E-state index in [2.05, 4.69) is 10.6 Å². The van der Waals surface area contributed by atoms with Crippen LogP contribution in [0.15, 0.2) is 39.5 Å². The second-order valence-corrected chi connectivity index (χ2v) is 4.91. The van der Waals surface area contributed by atoms with E-state index in [1.807, 2.05) is 0 Å². The highest BCUT2D eigenvalue weighted by Crippen LogP contribution is 2.11. The van der Waals surface area contributed by atoms with Crippen LogP contribution < -0.4 is 16.1 Å². The molecule has 1 saturated heterocycles. The number of benzene rings is 1. The number of para-hydroxylation sites is 1. The van der Waals surface area contributed by atoms with Gasteiger partial charge in [-0.05, 0) is 12.1 Å². The van der Waals surface area contributed by atoms with Crippen LogP contribution in [0.5, 0.6) is 0 Å². The maximum Gasteiger partial charge on any atom is 0.287 e. The summed E-state index contributed by atoms with van der Waals surface area (Å²) in [6, 6.07) is 8.16. The Morgan fingerprint density at radius 3 is 3.05 bits per heavy atom. The van der Waals surface area contributed by atoms with Crippen LogP contribution in [0.2, 0.25) is 0 Å². The van der Waals surface area contributed by atoms with E-state index in [4.69, 9.17) is 9.15 Å². The molecule has 1 fully saturated rings. The average Bonchev–Trinajstić information content (AvgIpc) is 2.53. The van der Waals surface area contributed by atoms with E-state index in [9.17, 15) is 9.59 Å². The van der Waals surface area contributed by atoms with Crippen molar-refractivity contribution < 1.29 is 13.9 Å². The molecular weight excluding hydrogens is 272 g/mol. The number of amides is 1. The molecule has 0 aliphatic carbocycles. The van der Waals surface area contributed by atoms with Gasteiger partial charge < -0.3 is 19.8 Å². The minimum Gasteiger partial charge on any atom is -0.451 e. The van der Waals surface area contributed by atoms with Crippen LogP contribution in [0, 0.1) is 0 Å². The van der Waals surface area contributed by atoms with Crippen LogP contribution in [-0.2, 0) is 4.74 Å². The highest BCUT2D eigenvalue weighted by molar-refractivity contribution is 5.93. The molecule has 0 radical (unpaired) electrons. The molecule has 2 heterocycles. The van der Waals surface area contributed by atoms with Crippen LogP contribution in [0.25, 0.3) is 11.0 Å². The van der Waals surface area contributed by atoms with Gasteiger partial charge in [-0.3, -0.25) is 9.59 Å². The molecule has 110 valence electrons. The Hall–Kier alpha value is -2.18. The molecule has 1 unspecified atom stereocenters. The van der Waals surface area contributed by atoms with Crippen molar-refractivity contribution in [3.8, 4) is 0 Å². The van der Waals surface area contributed by atoms with Crippen molar-refractivity contribution in [2.45, 2.75) is 6.04 Å². The van der Waals surface area contributed by atoms with Gasteiger partial charge in [0.25, 0.3) is 5.91 Å². The van der Waals surface area contributed by atoms with Crippen LogP contribution >= 0.6 is 0 Å². The number of hydrogen-bond donors (Lipinski definition) is 2. The highest BCUT2D eigenvalue weighted by atomic mass is 16.5. The molecule has 3 rings (SSSR count). The number of morpholine rings is 1. The van der Waals surface area contributed by atoms with E-state index >= 15 is 0 Å². The molecule has 21 heavy (non-hydrogen) atoms. The van der Waals surface area contributed by atoms with Crippen LogP contribution in [0.3, 0.4) is 0 Å². The lowest BCUT2D eigenvalue weighted by atomic mass is 10.2. The van der Waals surface area contributed by atoms with Gasteiger partial charge in [-0.15, -0.1) is 0 Å². The van der Waals surface area contributed by atoms with Gasteiger partial charge in [-0.2, -0.15) is 0 Å². The first-order chi connectivity index (χ1) is 10.2. The number of fused-ring (bicyclic) bond motifs is 1. The Morgan fingerprint density at radius 2 is 2.24 bits per heavy atom. The van der Waals surface area contributed by atoms with Crippen LogP contribution in [0.4, 0.5) is 0 Å². The van der Waals surface area contributed by atoms with E-state index in [0.717, 1.165) is 6.54 Å². The lowest BCUT2D eigenvalue weighted by Crippen LogP contribution is -2.48. The summed E-state index contributed by atoms with van der Waals surface area (Å²) >= 11 is 0. The summed E-state index contributed by atoms with van der Waals surface area (Å²) in [6.45, 7) is 2.44. The number of carbonyl (C=O) groups is 1. The Kier molecular flexibility index (Phi) is 3.98. The quantitative estimate of drug-likeness (QED) is 0.860. The van der Waals surface area contributed by atoms with Crippen molar-refractivity contribution in [2.24, 2.45) is 0 Å². The zero-order chi connectivity index (χ0) is 14.7. The maximum atomic E-state index is 12.1. The third kappa shape index (κ3) is 3.12. The number of carbonyl (C=O) groups excluding carboxylic acids is 1. The fourth-order valence-electron chi connectivity index (χ4n) is 2.27. The minimum absolute atomic E-state index is 0.0235. The number of hydrogen-bond acceptors (Lipinski definition) is 5. The third-order valence-corrected chi connectivity index (χ3v) is 3.37. The molecule has 1 amide bonds. The number of rotatable bonds is 3. The van der Waals surface area contributed by atoms with Crippen LogP contribution in [-0.4, -0.2) is 38.3 Å². The van der Waals surface area contributed by atoms with Crippen LogP contribution in [0.1, 0.15) is 10.6 Å². The Balaban J connectivity index is 1.73. The van der Waals surface area contributed by atoms with Crippen molar-refractivity contribution in [1.82, 2.24) is 10.6 Å². The van der Waals surface area contributed by atoms with E-state index in [1.165, 1.54) is 6.07 Å². The third-order valence-electron chi connectivity index (χ3n) is 3.37. The molecule has 2 aromatic rings. The van der Waals surface area contributed by atoms with Crippen molar-refractivity contribution in [2.75, 3.05) is 26.3 Å². The zero-order valence-corrected chi connectivity index (χ0v) is 11.4. The second kappa shape index (κ2) is 6.07. The molecule has 1 aromatic carbocycles. The fourth-order valence-corrected chi connectivity index (χ4v) is 2.27. The largest absolute Gasteiger partial charge is 0.451 e. The molecule has 2 N–H and O–H groups in total. The molecule has 6 nitrogen and oxygen atoms in total. The topological polar surface area (TPSA) is 80.6 Å². The first-order valence-electron chi connectivity index (χ1n) is 6.86. The second-order valence-electron chi connectivity index (χ2n) is 4.91. The molecule has 1 aliphatic heterocycles. The molecule has 0 bridgehead atoms.